The average Bonchev–Trinajstić information content (AvgIpc) is 2.28. The van der Waals surface area contributed by atoms with Crippen LogP contribution in [0.1, 0.15) is 12.6 Å². The molecule has 0 aliphatic carbocycles. The fourth-order valence-electron chi connectivity index (χ4n) is 1.79. The molecule has 2 rings (SSSR count). The Balaban J connectivity index is 2.12. The molecule has 17 heavy (non-hydrogen) atoms. The van der Waals surface area contributed by atoms with E-state index in [9.17, 15) is 13.2 Å². The molecule has 1 N–H and O–H groups in total. The number of nitrogens with one attached hydrogen (secondary N) is 1. The van der Waals surface area contributed by atoms with Crippen molar-refractivity contribution in [3.05, 3.63) is 17.8 Å². The Morgan fingerprint density at radius 1 is 1.35 bits per heavy atom. The van der Waals surface area contributed by atoms with Gasteiger partial charge in [-0.05, 0) is 19.1 Å². The van der Waals surface area contributed by atoms with Gasteiger partial charge in [-0.3, -0.25) is 0 Å². The molecule has 1 unspecified atom stereocenters. The smallest absolute Gasteiger partial charge is 0.352 e. The molecule has 0 saturated carbocycles. The Morgan fingerprint density at radius 2 is 2.12 bits per heavy atom. The number of halogens is 3. The lowest BCUT2D eigenvalue weighted by molar-refractivity contribution is -0.141. The van der Waals surface area contributed by atoms with E-state index in [2.05, 4.69) is 15.5 Å². The third-order valence-electron chi connectivity index (χ3n) is 2.63. The van der Waals surface area contributed by atoms with Crippen LogP contribution in [0.2, 0.25) is 0 Å². The topological polar surface area (TPSA) is 41.1 Å². The van der Waals surface area contributed by atoms with Crippen molar-refractivity contribution in [2.24, 2.45) is 0 Å². The third-order valence-corrected chi connectivity index (χ3v) is 2.63. The SMILES string of the molecule is CC1CN(c2ccc(C(F)(F)F)nn2)CCN1. The summed E-state index contributed by atoms with van der Waals surface area (Å²) >= 11 is 0. The molecule has 0 radical (unpaired) electrons. The summed E-state index contributed by atoms with van der Waals surface area (Å²) in [5, 5.41) is 10.1. The van der Waals surface area contributed by atoms with Gasteiger partial charge in [-0.25, -0.2) is 0 Å². The van der Waals surface area contributed by atoms with Crippen molar-refractivity contribution in [1.82, 2.24) is 15.5 Å². The maximum Gasteiger partial charge on any atom is 0.435 e. The second kappa shape index (κ2) is 4.48. The second-order valence-corrected chi connectivity index (χ2v) is 4.08. The molecule has 1 saturated heterocycles. The highest BCUT2D eigenvalue weighted by Crippen LogP contribution is 2.27. The molecule has 0 bridgehead atoms. The van der Waals surface area contributed by atoms with Crippen LogP contribution in [0.5, 0.6) is 0 Å². The Hall–Kier alpha value is -1.37. The standard InChI is InChI=1S/C10H13F3N4/c1-7-6-17(5-4-14-7)9-3-2-8(15-16-9)10(11,12)13/h2-3,7,14H,4-6H2,1H3. The number of aromatic nitrogens is 2. The largest absolute Gasteiger partial charge is 0.435 e. The Labute approximate surface area is 96.8 Å². The second-order valence-electron chi connectivity index (χ2n) is 4.08. The highest BCUT2D eigenvalue weighted by Gasteiger charge is 2.33. The van der Waals surface area contributed by atoms with Crippen LogP contribution in [-0.4, -0.2) is 35.9 Å². The van der Waals surface area contributed by atoms with E-state index in [-0.39, 0.29) is 0 Å². The minimum absolute atomic E-state index is 0.299. The minimum atomic E-state index is -4.43. The van der Waals surface area contributed by atoms with Crippen LogP contribution in [0.25, 0.3) is 0 Å². The van der Waals surface area contributed by atoms with E-state index in [1.54, 1.807) is 0 Å². The first kappa shape index (κ1) is 12.1. The summed E-state index contributed by atoms with van der Waals surface area (Å²) in [5.41, 5.74) is -0.954. The zero-order chi connectivity index (χ0) is 12.5. The van der Waals surface area contributed by atoms with Crippen molar-refractivity contribution in [2.75, 3.05) is 24.5 Å². The lowest BCUT2D eigenvalue weighted by Gasteiger charge is -2.32. The van der Waals surface area contributed by atoms with Gasteiger partial charge in [0, 0.05) is 25.7 Å². The number of hydrogen-bond acceptors (Lipinski definition) is 4. The van der Waals surface area contributed by atoms with Crippen molar-refractivity contribution < 1.29 is 13.2 Å². The van der Waals surface area contributed by atoms with Crippen molar-refractivity contribution in [3.8, 4) is 0 Å². The predicted molar refractivity (Wildman–Crippen MR) is 56.7 cm³/mol. The van der Waals surface area contributed by atoms with Crippen LogP contribution in [0.4, 0.5) is 19.0 Å². The third kappa shape index (κ3) is 2.85. The zero-order valence-corrected chi connectivity index (χ0v) is 9.33. The molecule has 0 amide bonds. The predicted octanol–water partition coefficient (Wildman–Crippen LogP) is 1.29. The van der Waals surface area contributed by atoms with E-state index in [4.69, 9.17) is 0 Å². The molecular formula is C10H13F3N4. The average molecular weight is 246 g/mol. The first-order valence-electron chi connectivity index (χ1n) is 5.36. The number of rotatable bonds is 1. The molecule has 0 spiro atoms. The van der Waals surface area contributed by atoms with Gasteiger partial charge in [0.1, 0.15) is 0 Å². The zero-order valence-electron chi connectivity index (χ0n) is 9.33. The van der Waals surface area contributed by atoms with E-state index in [1.165, 1.54) is 6.07 Å². The van der Waals surface area contributed by atoms with E-state index in [0.717, 1.165) is 25.7 Å². The van der Waals surface area contributed by atoms with Crippen molar-refractivity contribution >= 4 is 5.82 Å². The van der Waals surface area contributed by atoms with Gasteiger partial charge >= 0.3 is 6.18 Å². The van der Waals surface area contributed by atoms with Gasteiger partial charge in [-0.1, -0.05) is 0 Å². The monoisotopic (exact) mass is 246 g/mol. The number of alkyl halides is 3. The molecule has 1 fully saturated rings. The van der Waals surface area contributed by atoms with Crippen LogP contribution in [0.3, 0.4) is 0 Å². The first-order valence-corrected chi connectivity index (χ1v) is 5.36. The van der Waals surface area contributed by atoms with Gasteiger partial charge in [0.15, 0.2) is 11.5 Å². The van der Waals surface area contributed by atoms with E-state index in [1.807, 2.05) is 11.8 Å². The Kier molecular flexibility index (Phi) is 3.19. The lowest BCUT2D eigenvalue weighted by Crippen LogP contribution is -2.49. The summed E-state index contributed by atoms with van der Waals surface area (Å²) in [6, 6.07) is 2.64. The quantitative estimate of drug-likeness (QED) is 0.810. The number of nitrogens with zero attached hydrogens (tertiary/aromatic N) is 3. The first-order chi connectivity index (χ1) is 7.97. The van der Waals surface area contributed by atoms with Gasteiger partial charge < -0.3 is 10.2 Å². The van der Waals surface area contributed by atoms with Crippen LogP contribution in [0, 0.1) is 0 Å². The molecule has 1 aliphatic heterocycles. The molecule has 1 atom stereocenters. The highest BCUT2D eigenvalue weighted by atomic mass is 19.4. The summed E-state index contributed by atoms with van der Waals surface area (Å²) < 4.78 is 36.9. The van der Waals surface area contributed by atoms with Crippen LogP contribution in [-0.2, 0) is 6.18 Å². The van der Waals surface area contributed by atoms with Crippen molar-refractivity contribution in [2.45, 2.75) is 19.1 Å². The highest BCUT2D eigenvalue weighted by molar-refractivity contribution is 5.38. The molecule has 1 aromatic rings. The molecule has 0 aromatic carbocycles. The van der Waals surface area contributed by atoms with Crippen molar-refractivity contribution in [3.63, 3.8) is 0 Å². The fourth-order valence-corrected chi connectivity index (χ4v) is 1.79. The van der Waals surface area contributed by atoms with Gasteiger partial charge in [0.2, 0.25) is 0 Å². The molecule has 94 valence electrons. The molecule has 4 nitrogen and oxygen atoms in total. The molecule has 1 aromatic heterocycles. The van der Waals surface area contributed by atoms with Crippen LogP contribution in [0.15, 0.2) is 12.1 Å². The molecule has 1 aliphatic rings. The van der Waals surface area contributed by atoms with Crippen molar-refractivity contribution in [1.29, 1.82) is 0 Å². The van der Waals surface area contributed by atoms with Gasteiger partial charge in [0.05, 0.1) is 0 Å². The van der Waals surface area contributed by atoms with Crippen LogP contribution < -0.4 is 10.2 Å². The van der Waals surface area contributed by atoms with E-state index in [0.29, 0.717) is 11.9 Å². The maximum absolute atomic E-state index is 12.3. The van der Waals surface area contributed by atoms with Gasteiger partial charge in [0.25, 0.3) is 0 Å². The minimum Gasteiger partial charge on any atom is -0.352 e. The molecule has 7 heteroatoms. The number of anilines is 1. The Bertz CT molecular complexity index is 376. The summed E-state index contributed by atoms with van der Waals surface area (Å²) in [7, 11) is 0. The summed E-state index contributed by atoms with van der Waals surface area (Å²) in [6.07, 6.45) is -4.43. The normalized spacial score (nSPS) is 21.6. The lowest BCUT2D eigenvalue weighted by atomic mass is 10.2. The van der Waals surface area contributed by atoms with E-state index >= 15 is 0 Å². The molecule has 2 heterocycles. The van der Waals surface area contributed by atoms with Gasteiger partial charge in [-0.2, -0.15) is 13.2 Å². The number of piperazine rings is 1. The number of hydrogen-bond donors (Lipinski definition) is 1. The maximum atomic E-state index is 12.3. The Morgan fingerprint density at radius 3 is 2.65 bits per heavy atom. The molecular weight excluding hydrogens is 233 g/mol. The fraction of sp³-hybridized carbons (Fsp3) is 0.600. The van der Waals surface area contributed by atoms with E-state index < -0.39 is 11.9 Å². The summed E-state index contributed by atoms with van der Waals surface area (Å²) in [4.78, 5) is 1.92. The van der Waals surface area contributed by atoms with Crippen LogP contribution >= 0.6 is 0 Å². The van der Waals surface area contributed by atoms with Gasteiger partial charge in [-0.15, -0.1) is 10.2 Å². The summed E-state index contributed by atoms with van der Waals surface area (Å²) in [6.45, 7) is 4.26. The summed E-state index contributed by atoms with van der Waals surface area (Å²) in [5.74, 6) is 0.492.